The second-order valence-electron chi connectivity index (χ2n) is 5.70. The number of hydrogen-bond acceptors (Lipinski definition) is 4. The van der Waals surface area contributed by atoms with Crippen LogP contribution in [0.3, 0.4) is 0 Å². The third-order valence-electron chi connectivity index (χ3n) is 4.26. The first kappa shape index (κ1) is 16.4. The van der Waals surface area contributed by atoms with Crippen molar-refractivity contribution in [1.82, 2.24) is 0 Å². The van der Waals surface area contributed by atoms with E-state index in [9.17, 15) is 4.79 Å². The maximum atomic E-state index is 12.5. The van der Waals surface area contributed by atoms with Gasteiger partial charge in [-0.3, -0.25) is 4.79 Å². The number of carbonyl (C=O) groups excluding carboxylic acids is 1. The van der Waals surface area contributed by atoms with Crippen molar-refractivity contribution in [3.8, 4) is 0 Å². The smallest absolute Gasteiger partial charge is 0.313 e. The van der Waals surface area contributed by atoms with Crippen LogP contribution in [0.5, 0.6) is 0 Å². The summed E-state index contributed by atoms with van der Waals surface area (Å²) >= 11 is 1.88. The quantitative estimate of drug-likeness (QED) is 0.782. The molecule has 1 heterocycles. The number of nitrogens with two attached hydrogens (primary N) is 1. The van der Waals surface area contributed by atoms with E-state index < -0.39 is 5.41 Å². The zero-order chi connectivity index (χ0) is 15.3. The summed E-state index contributed by atoms with van der Waals surface area (Å²) < 4.78 is 5.32. The molecule has 4 heteroatoms. The van der Waals surface area contributed by atoms with Crippen molar-refractivity contribution in [2.24, 2.45) is 11.1 Å². The molecule has 0 fully saturated rings. The van der Waals surface area contributed by atoms with Gasteiger partial charge in [0, 0.05) is 17.2 Å². The Labute approximate surface area is 131 Å². The molecule has 0 saturated heterocycles. The third kappa shape index (κ3) is 3.43. The highest BCUT2D eigenvalue weighted by molar-refractivity contribution is 7.99. The summed E-state index contributed by atoms with van der Waals surface area (Å²) in [4.78, 5) is 13.8. The predicted molar refractivity (Wildman–Crippen MR) is 87.6 cm³/mol. The minimum Gasteiger partial charge on any atom is -0.466 e. The molecular weight excluding hydrogens is 282 g/mol. The highest BCUT2D eigenvalue weighted by Gasteiger charge is 2.41. The van der Waals surface area contributed by atoms with E-state index in [1.54, 1.807) is 0 Å². The Morgan fingerprint density at radius 1 is 1.43 bits per heavy atom. The van der Waals surface area contributed by atoms with Gasteiger partial charge in [-0.2, -0.15) is 0 Å². The average molecular weight is 307 g/mol. The summed E-state index contributed by atoms with van der Waals surface area (Å²) in [6.45, 7) is 4.73. The molecule has 0 bridgehead atoms. The van der Waals surface area contributed by atoms with Crippen molar-refractivity contribution >= 4 is 17.7 Å². The normalized spacial score (nSPS) is 19.9. The van der Waals surface area contributed by atoms with Crippen molar-refractivity contribution in [3.05, 3.63) is 29.8 Å². The summed E-state index contributed by atoms with van der Waals surface area (Å²) in [5, 5.41) is 0. The van der Waals surface area contributed by atoms with E-state index in [1.165, 1.54) is 10.5 Å². The van der Waals surface area contributed by atoms with Crippen LogP contribution >= 0.6 is 11.8 Å². The molecule has 0 spiro atoms. The van der Waals surface area contributed by atoms with Gasteiger partial charge < -0.3 is 10.5 Å². The van der Waals surface area contributed by atoms with E-state index in [-0.39, 0.29) is 5.97 Å². The Morgan fingerprint density at radius 2 is 2.19 bits per heavy atom. The monoisotopic (exact) mass is 307 g/mol. The van der Waals surface area contributed by atoms with Crippen molar-refractivity contribution in [2.75, 3.05) is 18.9 Å². The third-order valence-corrected chi connectivity index (χ3v) is 5.52. The van der Waals surface area contributed by atoms with E-state index in [0.29, 0.717) is 19.1 Å². The number of benzene rings is 1. The predicted octanol–water partition coefficient (Wildman–Crippen LogP) is 3.57. The Hall–Kier alpha value is -1.00. The summed E-state index contributed by atoms with van der Waals surface area (Å²) in [6.07, 6.45) is 2.53. The molecule has 2 unspecified atom stereocenters. The van der Waals surface area contributed by atoms with Crippen LogP contribution in [0, 0.1) is 5.41 Å². The van der Waals surface area contributed by atoms with Crippen LogP contribution in [0.25, 0.3) is 0 Å². The van der Waals surface area contributed by atoms with Gasteiger partial charge in [-0.1, -0.05) is 31.5 Å². The summed E-state index contributed by atoms with van der Waals surface area (Å²) in [5.41, 5.74) is 6.84. The number of carbonyl (C=O) groups is 1. The number of hydrogen-bond donors (Lipinski definition) is 1. The molecule has 1 aliphatic heterocycles. The lowest BCUT2D eigenvalue weighted by Crippen LogP contribution is -2.41. The highest BCUT2D eigenvalue weighted by atomic mass is 32.2. The fraction of sp³-hybridized carbons (Fsp3) is 0.588. The lowest BCUT2D eigenvalue weighted by molar-refractivity contribution is -0.156. The van der Waals surface area contributed by atoms with Crippen molar-refractivity contribution in [1.29, 1.82) is 0 Å². The molecule has 2 atom stereocenters. The largest absolute Gasteiger partial charge is 0.466 e. The first-order chi connectivity index (χ1) is 10.2. The molecule has 0 aromatic heterocycles. The van der Waals surface area contributed by atoms with E-state index in [2.05, 4.69) is 31.2 Å². The van der Waals surface area contributed by atoms with Crippen LogP contribution in [-0.4, -0.2) is 24.9 Å². The molecule has 2 rings (SSSR count). The second kappa shape index (κ2) is 7.32. The van der Waals surface area contributed by atoms with Crippen LogP contribution < -0.4 is 5.73 Å². The lowest BCUT2D eigenvalue weighted by atomic mass is 9.74. The number of fused-ring (bicyclic) bond motifs is 1. The molecule has 3 nitrogen and oxygen atoms in total. The van der Waals surface area contributed by atoms with Crippen molar-refractivity contribution < 1.29 is 9.53 Å². The molecule has 21 heavy (non-hydrogen) atoms. The zero-order valence-corrected chi connectivity index (χ0v) is 13.7. The van der Waals surface area contributed by atoms with Gasteiger partial charge in [-0.05, 0) is 37.3 Å². The number of rotatable bonds is 7. The molecule has 0 radical (unpaired) electrons. The van der Waals surface area contributed by atoms with Gasteiger partial charge in [-0.25, -0.2) is 0 Å². The zero-order valence-electron chi connectivity index (χ0n) is 12.9. The number of thioether (sulfide) groups is 1. The van der Waals surface area contributed by atoms with Gasteiger partial charge in [0.15, 0.2) is 0 Å². The molecule has 1 aromatic rings. The molecule has 116 valence electrons. The van der Waals surface area contributed by atoms with Crippen molar-refractivity contribution in [2.45, 2.75) is 43.9 Å². The van der Waals surface area contributed by atoms with E-state index >= 15 is 0 Å². The van der Waals surface area contributed by atoms with Crippen LogP contribution in [0.15, 0.2) is 29.2 Å². The molecule has 0 amide bonds. The molecular formula is C17H25NO2S. The van der Waals surface area contributed by atoms with Crippen LogP contribution in [0.4, 0.5) is 0 Å². The van der Waals surface area contributed by atoms with Gasteiger partial charge in [0.1, 0.15) is 0 Å². The lowest BCUT2D eigenvalue weighted by Gasteiger charge is -2.32. The van der Waals surface area contributed by atoms with E-state index in [1.807, 2.05) is 18.7 Å². The molecule has 2 N–H and O–H groups in total. The second-order valence-corrected chi connectivity index (χ2v) is 6.77. The number of esters is 1. The SMILES string of the molecule is CCCC(CN)(CC1CSc2ccccc21)C(=O)OCC. The van der Waals surface area contributed by atoms with Crippen LogP contribution in [0.1, 0.15) is 44.6 Å². The Bertz CT molecular complexity index is 491. The topological polar surface area (TPSA) is 52.3 Å². The minimum absolute atomic E-state index is 0.122. The molecule has 1 aromatic carbocycles. The van der Waals surface area contributed by atoms with E-state index in [4.69, 9.17) is 10.5 Å². The summed E-state index contributed by atoms with van der Waals surface area (Å²) in [7, 11) is 0. The fourth-order valence-electron chi connectivity index (χ4n) is 3.19. The van der Waals surface area contributed by atoms with Crippen molar-refractivity contribution in [3.63, 3.8) is 0 Å². The first-order valence-electron chi connectivity index (χ1n) is 7.76. The molecule has 0 saturated carbocycles. The Kier molecular flexibility index (Phi) is 5.71. The molecule has 1 aliphatic rings. The Morgan fingerprint density at radius 3 is 2.86 bits per heavy atom. The summed E-state index contributed by atoms with van der Waals surface area (Å²) in [5.74, 6) is 1.30. The Balaban J connectivity index is 2.21. The minimum atomic E-state index is -0.534. The van der Waals surface area contributed by atoms with E-state index in [0.717, 1.165) is 25.0 Å². The van der Waals surface area contributed by atoms with Gasteiger partial charge in [0.05, 0.1) is 12.0 Å². The van der Waals surface area contributed by atoms with Crippen LogP contribution in [0.2, 0.25) is 0 Å². The molecule has 0 aliphatic carbocycles. The standard InChI is InChI=1S/C17H25NO2S/c1-3-9-17(12-18,16(19)20-4-2)10-13-11-21-15-8-6-5-7-14(13)15/h5-8,13H,3-4,9-12,18H2,1-2H3. The van der Waals surface area contributed by atoms with Crippen LogP contribution in [-0.2, 0) is 9.53 Å². The number of ether oxygens (including phenoxy) is 1. The maximum absolute atomic E-state index is 12.5. The fourth-order valence-corrected chi connectivity index (χ4v) is 4.44. The first-order valence-corrected chi connectivity index (χ1v) is 8.74. The van der Waals surface area contributed by atoms with Gasteiger partial charge in [-0.15, -0.1) is 11.8 Å². The average Bonchev–Trinajstić information content (AvgIpc) is 2.90. The van der Waals surface area contributed by atoms with Gasteiger partial charge in [0.25, 0.3) is 0 Å². The van der Waals surface area contributed by atoms with Gasteiger partial charge in [0.2, 0.25) is 0 Å². The maximum Gasteiger partial charge on any atom is 0.313 e. The highest BCUT2D eigenvalue weighted by Crippen LogP contribution is 2.46. The van der Waals surface area contributed by atoms with Gasteiger partial charge >= 0.3 is 5.97 Å². The summed E-state index contributed by atoms with van der Waals surface area (Å²) in [6, 6.07) is 8.49.